The van der Waals surface area contributed by atoms with Gasteiger partial charge in [-0.05, 0) is 50.4 Å². The van der Waals surface area contributed by atoms with Crippen LogP contribution in [-0.4, -0.2) is 33.3 Å². The van der Waals surface area contributed by atoms with Crippen molar-refractivity contribution in [3.05, 3.63) is 24.2 Å². The molecule has 0 unspecified atom stereocenters. The predicted molar refractivity (Wildman–Crippen MR) is 83.1 cm³/mol. The number of piperidine rings is 1. The Morgan fingerprint density at radius 3 is 2.77 bits per heavy atom. The largest absolute Gasteiger partial charge is 0.493 e. The fraction of sp³-hybridized carbons (Fsp3) is 0.647. The minimum absolute atomic E-state index is 0.672. The lowest BCUT2D eigenvalue weighted by Gasteiger charge is -2.29. The van der Waals surface area contributed by atoms with E-state index in [0.29, 0.717) is 11.8 Å². The summed E-state index contributed by atoms with van der Waals surface area (Å²) in [6, 6.07) is 3.53. The fourth-order valence-corrected chi connectivity index (χ4v) is 4.21. The molecule has 2 bridgehead atoms. The number of rotatable bonds is 4. The molecule has 116 valence electrons. The van der Waals surface area contributed by atoms with Gasteiger partial charge in [0.1, 0.15) is 12.1 Å². The van der Waals surface area contributed by atoms with E-state index in [4.69, 9.17) is 4.74 Å². The molecule has 1 aliphatic carbocycles. The van der Waals surface area contributed by atoms with Crippen LogP contribution < -0.4 is 10.1 Å². The number of nitrogens with one attached hydrogen (secondary N) is 1. The lowest BCUT2D eigenvalue weighted by atomic mass is 9.93. The van der Waals surface area contributed by atoms with Gasteiger partial charge in [0.25, 0.3) is 0 Å². The first kappa shape index (κ1) is 12.9. The highest BCUT2D eigenvalue weighted by atomic mass is 16.5. The molecule has 5 nitrogen and oxygen atoms in total. The molecule has 4 heterocycles. The van der Waals surface area contributed by atoms with Crippen molar-refractivity contribution in [2.75, 3.05) is 6.61 Å². The Balaban J connectivity index is 1.35. The van der Waals surface area contributed by atoms with Crippen LogP contribution >= 0.6 is 0 Å². The second-order valence-corrected chi connectivity index (χ2v) is 7.25. The summed E-state index contributed by atoms with van der Waals surface area (Å²) in [4.78, 5) is 0. The van der Waals surface area contributed by atoms with Crippen LogP contribution in [0.4, 0.5) is 0 Å². The van der Waals surface area contributed by atoms with Crippen molar-refractivity contribution < 1.29 is 4.74 Å². The molecule has 2 aliphatic heterocycles. The molecule has 1 N–H and O–H groups in total. The fourth-order valence-electron chi connectivity index (χ4n) is 4.21. The highest BCUT2D eigenvalue weighted by Crippen LogP contribution is 2.44. The summed E-state index contributed by atoms with van der Waals surface area (Å²) in [6.07, 6.45) is 11.7. The van der Waals surface area contributed by atoms with Gasteiger partial charge in [0.15, 0.2) is 5.65 Å². The first-order valence-electron chi connectivity index (χ1n) is 8.57. The SMILES string of the molecule is c1c(OC[C@H]2C[C@H]3CC[C@@H](C2)N3)c(C2CC2)cn2cnnc12. The third kappa shape index (κ3) is 2.28. The Bertz CT molecular complexity index is 681. The van der Waals surface area contributed by atoms with Crippen molar-refractivity contribution in [2.24, 2.45) is 5.92 Å². The van der Waals surface area contributed by atoms with E-state index in [-0.39, 0.29) is 0 Å². The lowest BCUT2D eigenvalue weighted by Crippen LogP contribution is -2.39. The van der Waals surface area contributed by atoms with Crippen molar-refractivity contribution >= 4 is 5.65 Å². The molecule has 0 aromatic carbocycles. The van der Waals surface area contributed by atoms with Gasteiger partial charge in [0.2, 0.25) is 0 Å². The van der Waals surface area contributed by atoms with E-state index in [1.165, 1.54) is 44.1 Å². The van der Waals surface area contributed by atoms with Gasteiger partial charge in [0, 0.05) is 29.9 Å². The standard InChI is InChI=1S/C17H22N4O/c1-2-12(1)15-8-21-10-18-20-17(21)7-16(15)22-9-11-5-13-3-4-14(6-11)19-13/h7-8,10-14,19H,1-6,9H2/t11-,13+,14-. The van der Waals surface area contributed by atoms with E-state index in [0.717, 1.165) is 30.1 Å². The van der Waals surface area contributed by atoms with Gasteiger partial charge in [0.05, 0.1) is 6.61 Å². The van der Waals surface area contributed by atoms with Crippen LogP contribution in [0.25, 0.3) is 5.65 Å². The van der Waals surface area contributed by atoms with Crippen LogP contribution in [-0.2, 0) is 0 Å². The van der Waals surface area contributed by atoms with Crippen LogP contribution in [0.5, 0.6) is 5.75 Å². The minimum Gasteiger partial charge on any atom is -0.493 e. The van der Waals surface area contributed by atoms with E-state index >= 15 is 0 Å². The van der Waals surface area contributed by atoms with E-state index < -0.39 is 0 Å². The van der Waals surface area contributed by atoms with Gasteiger partial charge in [-0.1, -0.05) is 0 Å². The highest BCUT2D eigenvalue weighted by Gasteiger charge is 2.34. The summed E-state index contributed by atoms with van der Waals surface area (Å²) < 4.78 is 8.28. The molecule has 22 heavy (non-hydrogen) atoms. The molecular weight excluding hydrogens is 276 g/mol. The van der Waals surface area contributed by atoms with Gasteiger partial charge in [-0.15, -0.1) is 10.2 Å². The van der Waals surface area contributed by atoms with Gasteiger partial charge in [-0.25, -0.2) is 0 Å². The van der Waals surface area contributed by atoms with Crippen LogP contribution in [0, 0.1) is 5.92 Å². The Labute approximate surface area is 130 Å². The van der Waals surface area contributed by atoms with Crippen molar-refractivity contribution in [3.8, 4) is 5.75 Å². The van der Waals surface area contributed by atoms with Gasteiger partial charge in [-0.3, -0.25) is 4.40 Å². The molecule has 2 saturated heterocycles. The topological polar surface area (TPSA) is 51.5 Å². The number of pyridine rings is 1. The maximum absolute atomic E-state index is 6.27. The maximum Gasteiger partial charge on any atom is 0.164 e. The van der Waals surface area contributed by atoms with Crippen molar-refractivity contribution in [1.29, 1.82) is 0 Å². The Morgan fingerprint density at radius 1 is 1.18 bits per heavy atom. The quantitative estimate of drug-likeness (QED) is 0.942. The summed E-state index contributed by atoms with van der Waals surface area (Å²) in [6.45, 7) is 0.846. The molecule has 1 saturated carbocycles. The summed E-state index contributed by atoms with van der Waals surface area (Å²) in [5.41, 5.74) is 2.22. The van der Waals surface area contributed by atoms with Crippen molar-refractivity contribution in [1.82, 2.24) is 19.9 Å². The highest BCUT2D eigenvalue weighted by molar-refractivity contribution is 5.49. The summed E-state index contributed by atoms with van der Waals surface area (Å²) in [5.74, 6) is 2.40. The Hall–Kier alpha value is -1.62. The molecule has 0 radical (unpaired) electrons. The van der Waals surface area contributed by atoms with E-state index in [9.17, 15) is 0 Å². The maximum atomic E-state index is 6.27. The second kappa shape index (κ2) is 4.95. The average molecular weight is 298 g/mol. The Kier molecular flexibility index (Phi) is 2.90. The van der Waals surface area contributed by atoms with Crippen LogP contribution in [0.15, 0.2) is 18.6 Å². The number of nitrogens with zero attached hydrogens (tertiary/aromatic N) is 3. The first-order valence-corrected chi connectivity index (χ1v) is 8.57. The number of ether oxygens (including phenoxy) is 1. The molecule has 3 aliphatic rings. The zero-order chi connectivity index (χ0) is 14.5. The number of hydrogen-bond donors (Lipinski definition) is 1. The lowest BCUT2D eigenvalue weighted by molar-refractivity contribution is 0.189. The van der Waals surface area contributed by atoms with Crippen LogP contribution in [0.3, 0.4) is 0 Å². The molecule has 2 aromatic rings. The van der Waals surface area contributed by atoms with Crippen molar-refractivity contribution in [2.45, 2.75) is 56.5 Å². The van der Waals surface area contributed by atoms with Gasteiger partial charge < -0.3 is 10.1 Å². The molecule has 0 amide bonds. The molecule has 3 fully saturated rings. The summed E-state index contributed by atoms with van der Waals surface area (Å²) >= 11 is 0. The predicted octanol–water partition coefficient (Wildman–Crippen LogP) is 2.52. The third-order valence-electron chi connectivity index (χ3n) is 5.49. The van der Waals surface area contributed by atoms with E-state index in [2.05, 4.69) is 27.8 Å². The van der Waals surface area contributed by atoms with Gasteiger partial charge >= 0.3 is 0 Å². The molecule has 0 spiro atoms. The van der Waals surface area contributed by atoms with Crippen LogP contribution in [0.2, 0.25) is 0 Å². The summed E-state index contributed by atoms with van der Waals surface area (Å²) in [5, 5.41) is 11.8. The Morgan fingerprint density at radius 2 is 2.00 bits per heavy atom. The first-order chi connectivity index (χ1) is 10.8. The molecular formula is C17H22N4O. The minimum atomic E-state index is 0.672. The number of fused-ring (bicyclic) bond motifs is 3. The molecule has 2 aromatic heterocycles. The zero-order valence-electron chi connectivity index (χ0n) is 12.7. The van der Waals surface area contributed by atoms with Crippen molar-refractivity contribution in [3.63, 3.8) is 0 Å². The second-order valence-electron chi connectivity index (χ2n) is 7.25. The number of hydrogen-bond acceptors (Lipinski definition) is 4. The van der Waals surface area contributed by atoms with E-state index in [1.807, 2.05) is 4.40 Å². The normalized spacial score (nSPS) is 30.8. The van der Waals surface area contributed by atoms with E-state index in [1.54, 1.807) is 6.33 Å². The third-order valence-corrected chi connectivity index (χ3v) is 5.49. The van der Waals surface area contributed by atoms with Crippen LogP contribution in [0.1, 0.15) is 50.0 Å². The molecule has 3 atom stereocenters. The van der Waals surface area contributed by atoms with Gasteiger partial charge in [-0.2, -0.15) is 0 Å². The zero-order valence-corrected chi connectivity index (χ0v) is 12.7. The molecule has 5 rings (SSSR count). The average Bonchev–Trinajstić information content (AvgIpc) is 3.19. The smallest absolute Gasteiger partial charge is 0.164 e. The monoisotopic (exact) mass is 298 g/mol. The molecule has 5 heteroatoms. The number of aromatic nitrogens is 3. The summed E-state index contributed by atoms with van der Waals surface area (Å²) in [7, 11) is 0.